The number of carboxylic acids is 2. The summed E-state index contributed by atoms with van der Waals surface area (Å²) in [4.78, 5) is 20.2. The van der Waals surface area contributed by atoms with Crippen molar-refractivity contribution in [2.45, 2.75) is 0 Å². The van der Waals surface area contributed by atoms with Crippen molar-refractivity contribution < 1.29 is 19.8 Å². The Bertz CT molecular complexity index is 139. The van der Waals surface area contributed by atoms with Gasteiger partial charge in [-0.05, 0) is 0 Å². The molecule has 52 valence electrons. The number of aliphatic carboxylic acids is 2. The number of rotatable bonds is 0. The molecule has 0 aromatic heterocycles. The molecule has 0 rings (SSSR count). The zero-order chi connectivity index (χ0) is 7.86. The van der Waals surface area contributed by atoms with Gasteiger partial charge in [0.1, 0.15) is 11.1 Å². The summed E-state index contributed by atoms with van der Waals surface area (Å²) in [6, 6.07) is 0. The van der Waals surface area contributed by atoms with Crippen molar-refractivity contribution in [3.05, 3.63) is 0 Å². The number of nitrogens with zero attached hydrogens (tertiary/aromatic N) is 1. The van der Waals surface area contributed by atoms with E-state index in [4.69, 9.17) is 30.9 Å². The summed E-state index contributed by atoms with van der Waals surface area (Å²) >= 11 is 0. The van der Waals surface area contributed by atoms with Crippen LogP contribution in [0.3, 0.4) is 0 Å². The van der Waals surface area contributed by atoms with Crippen LogP contribution in [0.4, 0.5) is 0 Å². The van der Waals surface area contributed by atoms with Crippen LogP contribution in [0.25, 0.3) is 0 Å². The Morgan fingerprint density at radius 3 is 1.20 bits per heavy atom. The molecule has 0 unspecified atom stereocenters. The molecule has 0 amide bonds. The molecule has 4 N–H and O–H groups in total. The standard InChI is InChI=1S/C2H2O4.Li.H2N3.H/c3-1(4)2(5)6;;1-3-2;/h(H,3,4)(H,5,6);;1-2H;/q;;+1;. The Balaban J connectivity index is -0.000000107. The van der Waals surface area contributed by atoms with Crippen LogP contribution < -0.4 is 4.91 Å². The fraction of sp³-hybridized carbons (Fsp3) is 0. The van der Waals surface area contributed by atoms with Gasteiger partial charge in [-0.3, -0.25) is 0 Å². The van der Waals surface area contributed by atoms with Gasteiger partial charge < -0.3 is 10.2 Å². The van der Waals surface area contributed by atoms with Crippen molar-refractivity contribution >= 4 is 30.8 Å². The van der Waals surface area contributed by atoms with Crippen molar-refractivity contribution in [3.8, 4) is 0 Å². The zero-order valence-electron chi connectivity index (χ0n) is 4.16. The van der Waals surface area contributed by atoms with E-state index in [2.05, 4.69) is 0 Å². The van der Waals surface area contributed by atoms with E-state index in [-0.39, 0.29) is 18.9 Å². The predicted octanol–water partition coefficient (Wildman–Crippen LogP) is -1.38. The van der Waals surface area contributed by atoms with E-state index in [1.807, 2.05) is 4.91 Å². The van der Waals surface area contributed by atoms with Gasteiger partial charge in [-0.15, -0.1) is 0 Å². The summed E-state index contributed by atoms with van der Waals surface area (Å²) in [7, 11) is 0. The molecule has 7 nitrogen and oxygen atoms in total. The van der Waals surface area contributed by atoms with E-state index in [1.54, 1.807) is 0 Å². The number of carbonyl (C=O) groups is 2. The third-order valence-electron chi connectivity index (χ3n) is 0.183. The second-order valence-corrected chi connectivity index (χ2v) is 0.722. The minimum absolute atomic E-state index is 0. The number of nitrogens with one attached hydrogen (secondary N) is 2. The summed E-state index contributed by atoms with van der Waals surface area (Å²) < 4.78 is 0. The molecule has 0 bridgehead atoms. The Morgan fingerprint density at radius 2 is 1.20 bits per heavy atom. The average Bonchev–Trinajstić information content (AvgIpc) is 1.68. The third-order valence-corrected chi connectivity index (χ3v) is 0.183. The second kappa shape index (κ2) is 10.8. The molecule has 0 radical (unpaired) electrons. The molecule has 0 spiro atoms. The molecule has 0 saturated heterocycles. The van der Waals surface area contributed by atoms with Gasteiger partial charge >= 0.3 is 30.8 Å². The van der Waals surface area contributed by atoms with Gasteiger partial charge in [0.05, 0.1) is 0 Å². The monoisotopic (exact) mass is 142 g/mol. The molecular weight excluding hydrogens is 137 g/mol. The first-order valence-corrected chi connectivity index (χ1v) is 1.55. The fourth-order valence-electron chi connectivity index (χ4n) is 0. The Morgan fingerprint density at radius 1 is 1.10 bits per heavy atom. The summed E-state index contributed by atoms with van der Waals surface area (Å²) in [5, 5.41) is 14.8. The molecular formula is C2H5LiN3O4+. The Hall–Kier alpha value is -1.15. The summed E-state index contributed by atoms with van der Waals surface area (Å²) in [5.41, 5.74) is 11.0. The van der Waals surface area contributed by atoms with Crippen molar-refractivity contribution in [3.63, 3.8) is 0 Å². The molecule has 0 aliphatic heterocycles. The zero-order valence-corrected chi connectivity index (χ0v) is 4.16. The Labute approximate surface area is 67.2 Å². The minimum atomic E-state index is -1.82. The fourth-order valence-corrected chi connectivity index (χ4v) is 0. The molecule has 0 atom stereocenters. The maximum atomic E-state index is 9.10. The van der Waals surface area contributed by atoms with Crippen molar-refractivity contribution in [1.82, 2.24) is 4.91 Å². The van der Waals surface area contributed by atoms with Crippen molar-refractivity contribution in [2.24, 2.45) is 0 Å². The maximum absolute atomic E-state index is 9.10. The quantitative estimate of drug-likeness (QED) is 0.143. The van der Waals surface area contributed by atoms with Gasteiger partial charge in [-0.25, -0.2) is 9.59 Å². The van der Waals surface area contributed by atoms with E-state index in [9.17, 15) is 0 Å². The normalized spacial score (nSPS) is 5.20. The molecule has 0 heterocycles. The first-order chi connectivity index (χ1) is 4.06. The first-order valence-electron chi connectivity index (χ1n) is 1.55. The van der Waals surface area contributed by atoms with Gasteiger partial charge in [0.15, 0.2) is 0 Å². The first kappa shape index (κ1) is 15.9. The van der Waals surface area contributed by atoms with E-state index < -0.39 is 11.9 Å². The van der Waals surface area contributed by atoms with Crippen LogP contribution in [0.5, 0.6) is 0 Å². The van der Waals surface area contributed by atoms with Gasteiger partial charge in [0.2, 0.25) is 4.91 Å². The van der Waals surface area contributed by atoms with E-state index in [0.29, 0.717) is 0 Å². The van der Waals surface area contributed by atoms with Crippen LogP contribution in [0.15, 0.2) is 0 Å². The molecule has 0 saturated carbocycles. The van der Waals surface area contributed by atoms with E-state index >= 15 is 0 Å². The number of carboxylic acid groups (broad SMARTS) is 2. The SMILES string of the molecule is N=[N+]=N.O=C(O)C(=O)O.[LiH]. The molecule has 0 aromatic rings. The molecule has 0 fully saturated rings. The van der Waals surface area contributed by atoms with Crippen LogP contribution >= 0.6 is 0 Å². The van der Waals surface area contributed by atoms with Crippen LogP contribution in [0.2, 0.25) is 0 Å². The molecule has 8 heteroatoms. The van der Waals surface area contributed by atoms with Gasteiger partial charge in [-0.2, -0.15) is 0 Å². The summed E-state index contributed by atoms with van der Waals surface area (Å²) in [6.07, 6.45) is 0. The second-order valence-electron chi connectivity index (χ2n) is 0.722. The van der Waals surface area contributed by atoms with Crippen molar-refractivity contribution in [1.29, 1.82) is 11.1 Å². The molecule has 0 aliphatic rings. The molecule has 0 aromatic carbocycles. The van der Waals surface area contributed by atoms with Crippen LogP contribution in [-0.4, -0.2) is 41.0 Å². The topological polar surface area (TPSA) is 136 Å². The van der Waals surface area contributed by atoms with Crippen LogP contribution in [0, 0.1) is 11.1 Å². The van der Waals surface area contributed by atoms with Gasteiger partial charge in [0, 0.05) is 0 Å². The summed E-state index contributed by atoms with van der Waals surface area (Å²) in [6.45, 7) is 0. The number of hydrogen-bond acceptors (Lipinski definition) is 4. The van der Waals surface area contributed by atoms with E-state index in [1.165, 1.54) is 0 Å². The van der Waals surface area contributed by atoms with Gasteiger partial charge in [0.25, 0.3) is 0 Å². The molecule has 0 aliphatic carbocycles. The average molecular weight is 142 g/mol. The number of hydrogen-bond donors (Lipinski definition) is 4. The predicted molar refractivity (Wildman–Crippen MR) is 30.0 cm³/mol. The molecule has 10 heavy (non-hydrogen) atoms. The van der Waals surface area contributed by atoms with Gasteiger partial charge in [-0.1, -0.05) is 0 Å². The Kier molecular flexibility index (Phi) is 17.1. The van der Waals surface area contributed by atoms with Crippen LogP contribution in [-0.2, 0) is 9.59 Å². The van der Waals surface area contributed by atoms with Crippen molar-refractivity contribution in [2.75, 3.05) is 0 Å². The van der Waals surface area contributed by atoms with Crippen LogP contribution in [0.1, 0.15) is 0 Å². The third kappa shape index (κ3) is 28.9. The van der Waals surface area contributed by atoms with E-state index in [0.717, 1.165) is 0 Å². The summed E-state index contributed by atoms with van der Waals surface area (Å²) in [5.74, 6) is -3.65.